The molecule has 1 spiro atoms. The van der Waals surface area contributed by atoms with Gasteiger partial charge in [0, 0.05) is 12.3 Å². The summed E-state index contributed by atoms with van der Waals surface area (Å²) in [5.41, 5.74) is 1.45. The predicted octanol–water partition coefficient (Wildman–Crippen LogP) is 3.15. The number of hydrogen-bond donors (Lipinski definition) is 0. The van der Waals surface area contributed by atoms with Crippen LogP contribution in [0.25, 0.3) is 0 Å². The van der Waals surface area contributed by atoms with Crippen molar-refractivity contribution >= 4 is 5.97 Å². The average molecular weight is 274 g/mol. The average Bonchev–Trinajstić information content (AvgIpc) is 2.61. The van der Waals surface area contributed by atoms with E-state index in [0.29, 0.717) is 24.9 Å². The van der Waals surface area contributed by atoms with Crippen molar-refractivity contribution in [3.8, 4) is 0 Å². The molecule has 108 valence electrons. The minimum absolute atomic E-state index is 0.0303. The van der Waals surface area contributed by atoms with Gasteiger partial charge < -0.3 is 9.47 Å². The van der Waals surface area contributed by atoms with Gasteiger partial charge in [0.05, 0.1) is 18.3 Å². The predicted molar refractivity (Wildman–Crippen MR) is 75.1 cm³/mol. The molecule has 0 aromatic rings. The van der Waals surface area contributed by atoms with Crippen LogP contribution in [0.3, 0.4) is 0 Å². The number of esters is 1. The third kappa shape index (κ3) is 1.79. The van der Waals surface area contributed by atoms with Crippen molar-refractivity contribution < 1.29 is 14.3 Å². The number of carbonyl (C=O) groups is 1. The molecule has 0 aromatic heterocycles. The molecule has 0 aromatic carbocycles. The van der Waals surface area contributed by atoms with Crippen LogP contribution in [0.15, 0.2) is 23.8 Å². The van der Waals surface area contributed by atoms with Crippen molar-refractivity contribution in [2.45, 2.75) is 56.7 Å². The van der Waals surface area contributed by atoms with Gasteiger partial charge in [0.15, 0.2) is 0 Å². The minimum Gasteiger partial charge on any atom is -0.466 e. The quantitative estimate of drug-likeness (QED) is 0.637. The summed E-state index contributed by atoms with van der Waals surface area (Å²) in [6.07, 6.45) is 14.0. The highest BCUT2D eigenvalue weighted by molar-refractivity contribution is 5.69. The van der Waals surface area contributed by atoms with Crippen molar-refractivity contribution in [3.05, 3.63) is 23.8 Å². The van der Waals surface area contributed by atoms with Crippen LogP contribution in [0.2, 0.25) is 0 Å². The van der Waals surface area contributed by atoms with E-state index in [-0.39, 0.29) is 17.7 Å². The zero-order valence-corrected chi connectivity index (χ0v) is 11.8. The molecule has 3 heteroatoms. The molecule has 4 bridgehead atoms. The molecule has 4 aliphatic rings. The molecule has 0 amide bonds. The second-order valence-electron chi connectivity index (χ2n) is 6.58. The summed E-state index contributed by atoms with van der Waals surface area (Å²) in [6, 6.07) is 0. The largest absolute Gasteiger partial charge is 0.466 e. The van der Waals surface area contributed by atoms with Crippen molar-refractivity contribution in [2.75, 3.05) is 6.61 Å². The summed E-state index contributed by atoms with van der Waals surface area (Å²) in [4.78, 5) is 11.7. The number of hydrogen-bond acceptors (Lipinski definition) is 3. The molecule has 20 heavy (non-hydrogen) atoms. The summed E-state index contributed by atoms with van der Waals surface area (Å²) in [5.74, 6) is 1.06. The summed E-state index contributed by atoms with van der Waals surface area (Å²) >= 11 is 0. The van der Waals surface area contributed by atoms with Crippen LogP contribution in [0, 0.1) is 11.8 Å². The molecule has 3 fully saturated rings. The maximum Gasteiger partial charge on any atom is 0.305 e. The van der Waals surface area contributed by atoms with E-state index in [4.69, 9.17) is 9.47 Å². The van der Waals surface area contributed by atoms with E-state index in [2.05, 4.69) is 18.2 Å². The van der Waals surface area contributed by atoms with E-state index < -0.39 is 0 Å². The first kappa shape index (κ1) is 12.6. The minimum atomic E-state index is -0.0747. The van der Waals surface area contributed by atoms with Gasteiger partial charge in [-0.15, -0.1) is 0 Å². The summed E-state index contributed by atoms with van der Waals surface area (Å²) in [6.45, 7) is 0.573. The smallest absolute Gasteiger partial charge is 0.305 e. The Labute approximate surface area is 120 Å². The number of carbonyl (C=O) groups excluding carboxylic acids is 1. The highest BCUT2D eigenvalue weighted by Gasteiger charge is 2.57. The molecular formula is C17H22O3. The third-order valence-corrected chi connectivity index (χ3v) is 5.60. The fourth-order valence-electron chi connectivity index (χ4n) is 4.68. The number of ether oxygens (including phenoxy) is 2. The maximum absolute atomic E-state index is 11.7. The van der Waals surface area contributed by atoms with Gasteiger partial charge in [-0.25, -0.2) is 0 Å². The van der Waals surface area contributed by atoms with Gasteiger partial charge in [0.2, 0.25) is 0 Å². The van der Waals surface area contributed by atoms with Gasteiger partial charge in [-0.2, -0.15) is 0 Å². The molecule has 2 saturated heterocycles. The number of allylic oxidation sites excluding steroid dienone is 2. The maximum atomic E-state index is 11.7. The van der Waals surface area contributed by atoms with Gasteiger partial charge in [0.1, 0.15) is 0 Å². The van der Waals surface area contributed by atoms with Crippen molar-refractivity contribution in [2.24, 2.45) is 11.8 Å². The molecular weight excluding hydrogens is 252 g/mol. The lowest BCUT2D eigenvalue weighted by molar-refractivity contribution is -0.145. The van der Waals surface area contributed by atoms with Gasteiger partial charge in [-0.3, -0.25) is 4.79 Å². The van der Waals surface area contributed by atoms with Crippen molar-refractivity contribution in [1.82, 2.24) is 0 Å². The highest BCUT2D eigenvalue weighted by atomic mass is 16.5. The Kier molecular flexibility index (Phi) is 2.99. The molecule has 4 unspecified atom stereocenters. The molecule has 3 nitrogen and oxygen atoms in total. The molecule has 2 aliphatic carbocycles. The first-order valence-electron chi connectivity index (χ1n) is 8.02. The summed E-state index contributed by atoms with van der Waals surface area (Å²) < 4.78 is 11.8. The van der Waals surface area contributed by atoms with Crippen LogP contribution in [0.1, 0.15) is 44.9 Å². The van der Waals surface area contributed by atoms with Crippen LogP contribution in [0.5, 0.6) is 0 Å². The molecule has 2 heterocycles. The van der Waals surface area contributed by atoms with Crippen molar-refractivity contribution in [1.29, 1.82) is 0 Å². The Morgan fingerprint density at radius 2 is 2.15 bits per heavy atom. The molecule has 0 radical (unpaired) electrons. The van der Waals surface area contributed by atoms with Gasteiger partial charge in [-0.1, -0.05) is 18.2 Å². The van der Waals surface area contributed by atoms with Crippen LogP contribution in [0.4, 0.5) is 0 Å². The molecule has 0 N–H and O–H groups in total. The van der Waals surface area contributed by atoms with E-state index >= 15 is 0 Å². The second kappa shape index (κ2) is 4.73. The Morgan fingerprint density at radius 3 is 3.10 bits per heavy atom. The fourth-order valence-corrected chi connectivity index (χ4v) is 4.68. The van der Waals surface area contributed by atoms with Gasteiger partial charge >= 0.3 is 5.97 Å². The first-order chi connectivity index (χ1) is 9.79. The van der Waals surface area contributed by atoms with Crippen molar-refractivity contribution in [3.63, 3.8) is 0 Å². The van der Waals surface area contributed by atoms with E-state index in [1.807, 2.05) is 0 Å². The number of rotatable bonds is 0. The van der Waals surface area contributed by atoms with Crippen LogP contribution in [-0.2, 0) is 14.3 Å². The van der Waals surface area contributed by atoms with E-state index in [1.165, 1.54) is 18.4 Å². The lowest BCUT2D eigenvalue weighted by atomic mass is 9.64. The Morgan fingerprint density at radius 1 is 1.20 bits per heavy atom. The molecule has 2 aliphatic heterocycles. The molecule has 4 atom stereocenters. The van der Waals surface area contributed by atoms with E-state index in [0.717, 1.165) is 25.7 Å². The van der Waals surface area contributed by atoms with Crippen LogP contribution >= 0.6 is 0 Å². The Balaban J connectivity index is 1.66. The monoisotopic (exact) mass is 274 g/mol. The lowest BCUT2D eigenvalue weighted by Gasteiger charge is -2.42. The second-order valence-corrected chi connectivity index (χ2v) is 6.58. The summed E-state index contributed by atoms with van der Waals surface area (Å²) in [5, 5.41) is 0. The zero-order chi connectivity index (χ0) is 13.6. The molecule has 1 saturated carbocycles. The van der Waals surface area contributed by atoms with Gasteiger partial charge in [0.25, 0.3) is 0 Å². The van der Waals surface area contributed by atoms with Crippen LogP contribution in [-0.4, -0.2) is 24.3 Å². The molecule has 4 rings (SSSR count). The van der Waals surface area contributed by atoms with E-state index in [1.54, 1.807) is 0 Å². The first-order valence-corrected chi connectivity index (χ1v) is 8.02. The Bertz CT molecular complexity index is 479. The third-order valence-electron chi connectivity index (χ3n) is 5.60. The summed E-state index contributed by atoms with van der Waals surface area (Å²) in [7, 11) is 0. The topological polar surface area (TPSA) is 35.5 Å². The zero-order valence-electron chi connectivity index (χ0n) is 11.8. The normalized spacial score (nSPS) is 43.5. The van der Waals surface area contributed by atoms with E-state index in [9.17, 15) is 4.79 Å². The van der Waals surface area contributed by atoms with Gasteiger partial charge in [-0.05, 0) is 50.0 Å². The Hall–Kier alpha value is -1.09. The SMILES string of the molecule is O=C1CCC2CCC3C4=CC=CC3OC42CCCCO1. The number of cyclic esters (lactones) is 1. The standard InChI is InChI=1S/C17H22O3/c18-16-9-7-12-6-8-13-14-4-3-5-15(13)20-17(12,14)10-1-2-11-19-16/h3-5,12-13,15H,1-2,6-11H2. The highest BCUT2D eigenvalue weighted by Crippen LogP contribution is 2.57. The fraction of sp³-hybridized carbons (Fsp3) is 0.706. The van der Waals surface area contributed by atoms with Crippen LogP contribution < -0.4 is 0 Å². The lowest BCUT2D eigenvalue weighted by Crippen LogP contribution is -2.42.